The van der Waals surface area contributed by atoms with E-state index in [0.717, 1.165) is 54.8 Å². The zero-order chi connectivity index (χ0) is 25.2. The highest BCUT2D eigenvalue weighted by Crippen LogP contribution is 2.46. The zero-order valence-corrected chi connectivity index (χ0v) is 20.3. The minimum absolute atomic E-state index is 0.289. The second-order valence-electron chi connectivity index (χ2n) is 10.1. The third-order valence-corrected chi connectivity index (χ3v) is 7.84. The first kappa shape index (κ1) is 23.6. The first-order valence-corrected chi connectivity index (χ1v) is 11.7. The molecule has 7 nitrogen and oxygen atoms in total. The number of halogens is 3. The van der Waals surface area contributed by atoms with Crippen LogP contribution in [0, 0.1) is 6.92 Å². The van der Waals surface area contributed by atoms with Crippen molar-refractivity contribution in [1.29, 1.82) is 0 Å². The highest BCUT2D eigenvalue weighted by atomic mass is 19.4. The molecular weight excluding hydrogens is 457 g/mol. The third-order valence-electron chi connectivity index (χ3n) is 7.84. The maximum absolute atomic E-state index is 13.0. The second kappa shape index (κ2) is 7.94. The number of fused-ring (bicyclic) bond motifs is 1. The standard InChI is InChI=1S/C25H29F3N6O/c1-16-13-20(25(26,27)28)29-14-19(16)34-15-23(31-22(34)35)9-11-24(12-10-23,32(2)3)21-30-17-7-5-6-8-18(17)33(21)4/h5-8,13-14H,9-12,15H2,1-4H3,(H,31,35)/t23-,24+. The van der Waals surface area contributed by atoms with Gasteiger partial charge in [-0.25, -0.2) is 14.8 Å². The number of para-hydroxylation sites is 2. The van der Waals surface area contributed by atoms with E-state index in [1.54, 1.807) is 6.92 Å². The van der Waals surface area contributed by atoms with Gasteiger partial charge in [0.1, 0.15) is 11.5 Å². The van der Waals surface area contributed by atoms with Gasteiger partial charge < -0.3 is 9.88 Å². The number of aromatic nitrogens is 3. The van der Waals surface area contributed by atoms with Crippen molar-refractivity contribution in [2.75, 3.05) is 25.5 Å². The summed E-state index contributed by atoms with van der Waals surface area (Å²) in [6.45, 7) is 1.97. The fourth-order valence-corrected chi connectivity index (χ4v) is 5.75. The van der Waals surface area contributed by atoms with Crippen molar-refractivity contribution in [2.45, 2.75) is 49.9 Å². The van der Waals surface area contributed by atoms with Crippen LogP contribution in [0.3, 0.4) is 0 Å². The predicted octanol–water partition coefficient (Wildman–Crippen LogP) is 4.60. The van der Waals surface area contributed by atoms with Crippen molar-refractivity contribution in [1.82, 2.24) is 24.8 Å². The molecule has 0 radical (unpaired) electrons. The Labute approximate surface area is 201 Å². The van der Waals surface area contributed by atoms with Crippen LogP contribution in [0.15, 0.2) is 36.5 Å². The van der Waals surface area contributed by atoms with Gasteiger partial charge in [-0.3, -0.25) is 9.80 Å². The number of nitrogens with zero attached hydrogens (tertiary/aromatic N) is 5. The molecule has 1 saturated heterocycles. The van der Waals surface area contributed by atoms with Crippen LogP contribution in [0.25, 0.3) is 11.0 Å². The summed E-state index contributed by atoms with van der Waals surface area (Å²) in [4.78, 5) is 25.3. The van der Waals surface area contributed by atoms with E-state index in [9.17, 15) is 18.0 Å². The van der Waals surface area contributed by atoms with Crippen molar-refractivity contribution in [3.05, 3.63) is 53.6 Å². The number of aryl methyl sites for hydroxylation is 2. The molecule has 186 valence electrons. The minimum atomic E-state index is -4.52. The number of benzene rings is 1. The Balaban J connectivity index is 1.41. The number of carbonyl (C=O) groups excluding carboxylic acids is 1. The molecule has 2 fully saturated rings. The van der Waals surface area contributed by atoms with Crippen LogP contribution in [0.2, 0.25) is 0 Å². The van der Waals surface area contributed by atoms with E-state index in [0.29, 0.717) is 17.8 Å². The molecule has 0 atom stereocenters. The average molecular weight is 487 g/mol. The molecule has 1 N–H and O–H groups in total. The van der Waals surface area contributed by atoms with Gasteiger partial charge in [-0.15, -0.1) is 0 Å². The van der Waals surface area contributed by atoms with Gasteiger partial charge in [0.15, 0.2) is 0 Å². The second-order valence-corrected chi connectivity index (χ2v) is 10.1. The van der Waals surface area contributed by atoms with Crippen LogP contribution in [-0.2, 0) is 18.8 Å². The molecule has 0 bridgehead atoms. The number of imidazole rings is 1. The van der Waals surface area contributed by atoms with E-state index in [4.69, 9.17) is 4.98 Å². The Morgan fingerprint density at radius 1 is 1.11 bits per heavy atom. The van der Waals surface area contributed by atoms with Crippen molar-refractivity contribution in [3.63, 3.8) is 0 Å². The number of anilines is 1. The summed E-state index contributed by atoms with van der Waals surface area (Å²) in [6, 6.07) is 8.77. The number of rotatable bonds is 3. The van der Waals surface area contributed by atoms with Crippen molar-refractivity contribution >= 4 is 22.8 Å². The Bertz CT molecular complexity index is 1290. The largest absolute Gasteiger partial charge is 0.433 e. The van der Waals surface area contributed by atoms with Gasteiger partial charge in [0, 0.05) is 7.05 Å². The van der Waals surface area contributed by atoms with Gasteiger partial charge in [-0.1, -0.05) is 12.1 Å². The summed E-state index contributed by atoms with van der Waals surface area (Å²) < 4.78 is 41.3. The summed E-state index contributed by atoms with van der Waals surface area (Å²) in [5.74, 6) is 1.00. The number of carbonyl (C=O) groups is 1. The fourth-order valence-electron chi connectivity index (χ4n) is 5.75. The monoisotopic (exact) mass is 486 g/mol. The predicted molar refractivity (Wildman–Crippen MR) is 127 cm³/mol. The summed E-state index contributed by atoms with van der Waals surface area (Å²) in [5, 5.41) is 3.15. The van der Waals surface area contributed by atoms with Gasteiger partial charge in [0.2, 0.25) is 0 Å². The normalized spacial score (nSPS) is 25.1. The lowest BCUT2D eigenvalue weighted by Gasteiger charge is -2.47. The lowest BCUT2D eigenvalue weighted by molar-refractivity contribution is -0.141. The molecule has 3 heterocycles. The molecule has 0 unspecified atom stereocenters. The Hall–Kier alpha value is -3.14. The molecule has 1 aliphatic carbocycles. The summed E-state index contributed by atoms with van der Waals surface area (Å²) in [6.07, 6.45) is -0.339. The molecular formula is C25H29F3N6O. The fraction of sp³-hybridized carbons (Fsp3) is 0.480. The van der Waals surface area contributed by atoms with Gasteiger partial charge in [0.25, 0.3) is 0 Å². The van der Waals surface area contributed by atoms with Crippen LogP contribution >= 0.6 is 0 Å². The lowest BCUT2D eigenvalue weighted by atomic mass is 9.71. The minimum Gasteiger partial charge on any atom is -0.330 e. The van der Waals surface area contributed by atoms with Crippen LogP contribution in [0.1, 0.15) is 42.8 Å². The number of nitrogens with one attached hydrogen (secondary N) is 1. The molecule has 1 saturated carbocycles. The summed E-state index contributed by atoms with van der Waals surface area (Å²) >= 11 is 0. The highest BCUT2D eigenvalue weighted by Gasteiger charge is 2.52. The highest BCUT2D eigenvalue weighted by molar-refractivity contribution is 5.96. The van der Waals surface area contributed by atoms with E-state index in [1.807, 2.05) is 25.2 Å². The van der Waals surface area contributed by atoms with Crippen LogP contribution < -0.4 is 10.2 Å². The quantitative estimate of drug-likeness (QED) is 0.588. The van der Waals surface area contributed by atoms with Crippen molar-refractivity contribution < 1.29 is 18.0 Å². The van der Waals surface area contributed by atoms with Gasteiger partial charge in [-0.05, 0) is 70.5 Å². The Morgan fingerprint density at radius 3 is 2.40 bits per heavy atom. The maximum atomic E-state index is 13.0. The number of urea groups is 1. The van der Waals surface area contributed by atoms with Crippen LogP contribution in [0.4, 0.5) is 23.7 Å². The van der Waals surface area contributed by atoms with E-state index in [1.165, 1.54) is 4.90 Å². The first-order valence-electron chi connectivity index (χ1n) is 11.7. The topological polar surface area (TPSA) is 66.3 Å². The molecule has 5 rings (SSSR count). The van der Waals surface area contributed by atoms with Crippen molar-refractivity contribution in [3.8, 4) is 0 Å². The molecule has 3 aromatic rings. The van der Waals surface area contributed by atoms with Gasteiger partial charge in [-0.2, -0.15) is 13.2 Å². The van der Waals surface area contributed by atoms with E-state index >= 15 is 0 Å². The Morgan fingerprint density at radius 2 is 1.80 bits per heavy atom. The van der Waals surface area contributed by atoms with Crippen molar-refractivity contribution in [2.24, 2.45) is 7.05 Å². The van der Waals surface area contributed by atoms with Gasteiger partial charge in [0.05, 0.1) is 40.5 Å². The molecule has 10 heteroatoms. The van der Waals surface area contributed by atoms with E-state index in [-0.39, 0.29) is 11.6 Å². The van der Waals surface area contributed by atoms with E-state index < -0.39 is 17.4 Å². The smallest absolute Gasteiger partial charge is 0.330 e. The average Bonchev–Trinajstić information content (AvgIpc) is 3.31. The molecule has 2 aromatic heterocycles. The number of amides is 2. The SMILES string of the molecule is Cc1cc(C(F)(F)F)ncc1N1C[C@]2(CC[C@](c3nc4ccccc4n3C)(N(C)C)CC2)NC1=O. The summed E-state index contributed by atoms with van der Waals surface area (Å²) in [7, 11) is 6.17. The maximum Gasteiger partial charge on any atom is 0.433 e. The number of pyridine rings is 1. The molecule has 1 spiro atoms. The number of alkyl halides is 3. The first-order chi connectivity index (χ1) is 16.5. The molecule has 2 amide bonds. The lowest BCUT2D eigenvalue weighted by Crippen LogP contribution is -2.54. The van der Waals surface area contributed by atoms with Crippen LogP contribution in [0.5, 0.6) is 0 Å². The zero-order valence-electron chi connectivity index (χ0n) is 20.3. The number of hydrogen-bond acceptors (Lipinski definition) is 4. The Kier molecular flexibility index (Phi) is 5.35. The molecule has 2 aliphatic rings. The molecule has 1 aromatic carbocycles. The molecule has 35 heavy (non-hydrogen) atoms. The number of hydrogen-bond donors (Lipinski definition) is 1. The van der Waals surface area contributed by atoms with Crippen LogP contribution in [-0.4, -0.2) is 51.6 Å². The van der Waals surface area contributed by atoms with E-state index in [2.05, 4.69) is 39.9 Å². The van der Waals surface area contributed by atoms with Gasteiger partial charge >= 0.3 is 12.2 Å². The molecule has 1 aliphatic heterocycles. The summed E-state index contributed by atoms with van der Waals surface area (Å²) in [5.41, 5.74) is 1.12. The third kappa shape index (κ3) is 3.74.